The van der Waals surface area contributed by atoms with Gasteiger partial charge in [-0.15, -0.1) is 0 Å². The second-order valence-electron chi connectivity index (χ2n) is 7.62. The van der Waals surface area contributed by atoms with Gasteiger partial charge in [-0.05, 0) is 50.9 Å². The number of hydrogen-bond donors (Lipinski definition) is 3. The van der Waals surface area contributed by atoms with Crippen LogP contribution < -0.4 is 15.9 Å². The van der Waals surface area contributed by atoms with Crippen molar-refractivity contribution in [1.29, 1.82) is 0 Å². The highest BCUT2D eigenvalue weighted by Crippen LogP contribution is 2.41. The maximum Gasteiger partial charge on any atom is 0.279 e. The van der Waals surface area contributed by atoms with Crippen molar-refractivity contribution in [3.63, 3.8) is 0 Å². The first-order chi connectivity index (χ1) is 14.0. The number of phenols is 1. The molecule has 1 aliphatic rings. The van der Waals surface area contributed by atoms with E-state index < -0.39 is 19.0 Å². The summed E-state index contributed by atoms with van der Waals surface area (Å²) in [6.07, 6.45) is 0.616. The summed E-state index contributed by atoms with van der Waals surface area (Å²) in [6, 6.07) is 8.11. The smallest absolute Gasteiger partial charge is 0.279 e. The number of phenolic OH excluding ortho intramolecular Hbond substituents is 1. The number of aryl methyl sites for hydroxylation is 1. The summed E-state index contributed by atoms with van der Waals surface area (Å²) >= 11 is 0. The topological polar surface area (TPSA) is 112 Å². The van der Waals surface area contributed by atoms with E-state index in [1.807, 2.05) is 26.0 Å². The predicted octanol–water partition coefficient (Wildman–Crippen LogP) is 2.90. The third-order valence-corrected chi connectivity index (χ3v) is 6.49. The van der Waals surface area contributed by atoms with Crippen LogP contribution in [0.3, 0.4) is 0 Å². The molecule has 0 unspecified atom stereocenters. The van der Waals surface area contributed by atoms with Crippen molar-refractivity contribution in [2.75, 3.05) is 25.7 Å². The summed E-state index contributed by atoms with van der Waals surface area (Å²) in [5.41, 5.74) is 0.298. The number of benzene rings is 1. The Balaban J connectivity index is 2.01. The highest BCUT2D eigenvalue weighted by Gasteiger charge is 2.38. The number of nitrogens with zero attached hydrogens (tertiary/aromatic N) is 1. The fourth-order valence-corrected chi connectivity index (χ4v) is 4.36. The van der Waals surface area contributed by atoms with Crippen LogP contribution in [0.15, 0.2) is 46.1 Å². The molecule has 3 rings (SSSR count). The molecule has 2 amide bonds. The van der Waals surface area contributed by atoms with Gasteiger partial charge in [-0.2, -0.15) is 0 Å². The lowest BCUT2D eigenvalue weighted by atomic mass is 10.1. The van der Waals surface area contributed by atoms with Gasteiger partial charge in [-0.25, -0.2) is 0 Å². The second-order valence-corrected chi connectivity index (χ2v) is 10.8. The predicted molar refractivity (Wildman–Crippen MR) is 115 cm³/mol. The fraction of sp³-hybridized carbons (Fsp3) is 0.333. The third-order valence-electron chi connectivity index (χ3n) is 4.97. The highest BCUT2D eigenvalue weighted by molar-refractivity contribution is 7.70. The molecule has 0 radical (unpaired) electrons. The van der Waals surface area contributed by atoms with Gasteiger partial charge in [0.2, 0.25) is 0 Å². The van der Waals surface area contributed by atoms with Crippen LogP contribution in [-0.4, -0.2) is 42.2 Å². The van der Waals surface area contributed by atoms with E-state index in [4.69, 9.17) is 4.42 Å². The number of furan rings is 1. The van der Waals surface area contributed by atoms with E-state index in [2.05, 4.69) is 10.6 Å². The van der Waals surface area contributed by atoms with Crippen LogP contribution in [0.4, 0.5) is 5.69 Å². The Kier molecular flexibility index (Phi) is 5.81. The molecule has 160 valence electrons. The number of hydrogen-bond acceptors (Lipinski definition) is 7. The van der Waals surface area contributed by atoms with Crippen molar-refractivity contribution in [3.05, 3.63) is 53.2 Å². The van der Waals surface area contributed by atoms with Gasteiger partial charge in [0, 0.05) is 7.05 Å². The molecule has 1 aromatic carbocycles. The standard InChI is InChI=1S/C21H26N3O5P/c1-6-13(15-11-10-12(2)29-15)22-17-18(21(27)24(3)20(17)26)23-14-8-7-9-16(19(14)25)30(4,5)28/h7-11,13,22-23,25H,6H2,1-5H3/t13-/m1/s1. The van der Waals surface area contributed by atoms with Crippen LogP contribution in [-0.2, 0) is 14.2 Å². The maximum atomic E-state index is 12.7. The summed E-state index contributed by atoms with van der Waals surface area (Å²) in [5, 5.41) is 16.9. The molecule has 1 aromatic heterocycles. The van der Waals surface area contributed by atoms with Gasteiger partial charge in [0.25, 0.3) is 11.8 Å². The zero-order chi connectivity index (χ0) is 22.2. The van der Waals surface area contributed by atoms with Crippen LogP contribution in [0.1, 0.15) is 30.9 Å². The molecular formula is C21H26N3O5P. The molecule has 0 saturated carbocycles. The number of amides is 2. The molecule has 3 N–H and O–H groups in total. The summed E-state index contributed by atoms with van der Waals surface area (Å²) in [6.45, 7) is 6.86. The van der Waals surface area contributed by atoms with Gasteiger partial charge in [-0.1, -0.05) is 13.0 Å². The van der Waals surface area contributed by atoms with Crippen molar-refractivity contribution in [2.45, 2.75) is 26.3 Å². The molecule has 0 aliphatic carbocycles. The Labute approximate surface area is 175 Å². The molecule has 0 saturated heterocycles. The van der Waals surface area contributed by atoms with Crippen LogP contribution in [0.25, 0.3) is 0 Å². The van der Waals surface area contributed by atoms with E-state index in [1.54, 1.807) is 31.5 Å². The molecule has 8 nitrogen and oxygen atoms in total. The number of likely N-dealkylation sites (N-methyl/N-ethyl adjacent to an activating group) is 1. The number of imide groups is 1. The molecule has 9 heteroatoms. The van der Waals surface area contributed by atoms with Crippen molar-refractivity contribution >= 4 is 29.9 Å². The van der Waals surface area contributed by atoms with E-state index in [1.165, 1.54) is 7.05 Å². The fourth-order valence-electron chi connectivity index (χ4n) is 3.28. The first-order valence-corrected chi connectivity index (χ1v) is 12.2. The maximum absolute atomic E-state index is 12.7. The van der Waals surface area contributed by atoms with Crippen LogP contribution in [0, 0.1) is 6.92 Å². The minimum absolute atomic E-state index is 0.0127. The first-order valence-electron chi connectivity index (χ1n) is 9.58. The van der Waals surface area contributed by atoms with Gasteiger partial charge in [-0.3, -0.25) is 14.5 Å². The second kappa shape index (κ2) is 8.03. The Morgan fingerprint density at radius 2 is 1.80 bits per heavy atom. The number of carbonyl (C=O) groups is 2. The van der Waals surface area contributed by atoms with Gasteiger partial charge in [0.05, 0.1) is 17.0 Å². The summed E-state index contributed by atoms with van der Waals surface area (Å²) in [7, 11) is -1.35. The van der Waals surface area contributed by atoms with Crippen molar-refractivity contribution in [1.82, 2.24) is 10.2 Å². The lowest BCUT2D eigenvalue weighted by molar-refractivity contribution is -0.136. The SMILES string of the molecule is CC[C@@H](NC1=C(Nc2cccc(P(C)(C)=O)c2O)C(=O)N(C)C1=O)c1ccc(C)o1. The number of anilines is 1. The molecular weight excluding hydrogens is 405 g/mol. The first kappa shape index (κ1) is 21.7. The minimum atomic E-state index is -2.74. The average molecular weight is 431 g/mol. The van der Waals surface area contributed by atoms with E-state index in [0.717, 1.165) is 10.7 Å². The van der Waals surface area contributed by atoms with Crippen LogP contribution in [0.2, 0.25) is 0 Å². The number of aromatic hydroxyl groups is 1. The molecule has 30 heavy (non-hydrogen) atoms. The minimum Gasteiger partial charge on any atom is -0.505 e. The number of rotatable bonds is 7. The molecule has 0 spiro atoms. The van der Waals surface area contributed by atoms with Crippen LogP contribution in [0.5, 0.6) is 5.75 Å². The zero-order valence-corrected chi connectivity index (χ0v) is 18.5. The van der Waals surface area contributed by atoms with E-state index >= 15 is 0 Å². The Hall–Kier alpha value is -2.99. The Bertz CT molecular complexity index is 1080. The van der Waals surface area contributed by atoms with Gasteiger partial charge in [0.1, 0.15) is 35.8 Å². The largest absolute Gasteiger partial charge is 0.505 e. The number of nitrogens with one attached hydrogen (secondary N) is 2. The lowest BCUT2D eigenvalue weighted by Crippen LogP contribution is -2.31. The summed E-state index contributed by atoms with van der Waals surface area (Å²) in [5.74, 6) is 0.167. The van der Waals surface area contributed by atoms with Gasteiger partial charge < -0.3 is 24.7 Å². The van der Waals surface area contributed by atoms with Crippen LogP contribution >= 0.6 is 7.14 Å². The molecule has 2 aromatic rings. The molecule has 0 bridgehead atoms. The zero-order valence-electron chi connectivity index (χ0n) is 17.6. The average Bonchev–Trinajstić information content (AvgIpc) is 3.19. The van der Waals surface area contributed by atoms with Gasteiger partial charge >= 0.3 is 0 Å². The Morgan fingerprint density at radius 3 is 2.37 bits per heavy atom. The van der Waals surface area contributed by atoms with Crippen molar-refractivity contribution in [2.24, 2.45) is 0 Å². The number of para-hydroxylation sites is 1. The quantitative estimate of drug-likeness (QED) is 0.351. The highest BCUT2D eigenvalue weighted by atomic mass is 31.2. The normalized spacial score (nSPS) is 15.7. The third kappa shape index (κ3) is 4.00. The molecule has 2 heterocycles. The Morgan fingerprint density at radius 1 is 1.13 bits per heavy atom. The van der Waals surface area contributed by atoms with E-state index in [-0.39, 0.29) is 28.9 Å². The van der Waals surface area contributed by atoms with Crippen molar-refractivity contribution in [3.8, 4) is 5.75 Å². The number of carbonyl (C=O) groups excluding carboxylic acids is 2. The molecule has 1 atom stereocenters. The lowest BCUT2D eigenvalue weighted by Gasteiger charge is -2.18. The monoisotopic (exact) mass is 431 g/mol. The van der Waals surface area contributed by atoms with Crippen molar-refractivity contribution < 1.29 is 23.7 Å². The van der Waals surface area contributed by atoms with E-state index in [9.17, 15) is 19.3 Å². The van der Waals surface area contributed by atoms with E-state index in [0.29, 0.717) is 17.5 Å². The summed E-state index contributed by atoms with van der Waals surface area (Å²) in [4.78, 5) is 26.4. The molecule has 0 fully saturated rings. The summed E-state index contributed by atoms with van der Waals surface area (Å²) < 4.78 is 18.1. The molecule has 1 aliphatic heterocycles. The van der Waals surface area contributed by atoms with Gasteiger partial charge in [0.15, 0.2) is 0 Å².